The van der Waals surface area contributed by atoms with E-state index in [1.54, 1.807) is 0 Å². The molecule has 0 saturated carbocycles. The summed E-state index contributed by atoms with van der Waals surface area (Å²) in [5.41, 5.74) is 0. The van der Waals surface area contributed by atoms with Crippen LogP contribution in [0.4, 0.5) is 0 Å². The van der Waals surface area contributed by atoms with Gasteiger partial charge in [0.1, 0.15) is 0 Å². The van der Waals surface area contributed by atoms with Crippen LogP contribution < -0.4 is 0 Å². The van der Waals surface area contributed by atoms with E-state index < -0.39 is 0 Å². The summed E-state index contributed by atoms with van der Waals surface area (Å²) in [6, 6.07) is 13.2. The Kier molecular flexibility index (Phi) is 5.57. The second-order valence-electron chi connectivity index (χ2n) is 1.28. The van der Waals surface area contributed by atoms with Crippen LogP contribution in [-0.4, -0.2) is 6.01 Å². The van der Waals surface area contributed by atoms with Crippen LogP contribution in [0.3, 0.4) is 0 Å². The smallest absolute Gasteiger partial charge is 0.0831 e. The number of hydrogen-bond donors (Lipinski definition) is 2. The molecule has 0 amide bonds. The average Bonchev–Trinajstić information content (AvgIpc) is 1.93. The molecule has 0 spiro atoms. The first-order chi connectivity index (χ1) is 4.41. The summed E-state index contributed by atoms with van der Waals surface area (Å²) in [7, 11) is 0. The summed E-state index contributed by atoms with van der Waals surface area (Å²) >= 11 is 0. The van der Waals surface area contributed by atoms with Crippen LogP contribution in [0.5, 0.6) is 0 Å². The maximum Gasteiger partial charge on any atom is 0.0831 e. The maximum atomic E-state index is 5.62. The van der Waals surface area contributed by atoms with Gasteiger partial charge in [0, 0.05) is 0 Å². The first-order valence-corrected chi connectivity index (χ1v) is 2.50. The Balaban J connectivity index is 0.000000187. The zero-order chi connectivity index (χ0) is 6.95. The third-order valence-corrected chi connectivity index (χ3v) is 0.667. The van der Waals surface area contributed by atoms with Gasteiger partial charge in [-0.15, -0.1) is 0 Å². The van der Waals surface area contributed by atoms with Crippen molar-refractivity contribution in [2.24, 2.45) is 0 Å². The van der Waals surface area contributed by atoms with Gasteiger partial charge in [-0.25, -0.2) is 10.8 Å². The minimum atomic E-state index is 1.25. The lowest BCUT2D eigenvalue weighted by Gasteiger charge is -1.69. The van der Waals surface area contributed by atoms with E-state index in [2.05, 4.69) is 0 Å². The van der Waals surface area contributed by atoms with E-state index in [9.17, 15) is 0 Å². The van der Waals surface area contributed by atoms with Gasteiger partial charge in [0.15, 0.2) is 0 Å². The Morgan fingerprint density at radius 1 is 0.667 bits per heavy atom. The molecule has 1 aromatic carbocycles. The first kappa shape index (κ1) is 7.60. The maximum absolute atomic E-state index is 5.62. The summed E-state index contributed by atoms with van der Waals surface area (Å²) < 4.78 is 0. The molecule has 0 radical (unpaired) electrons. The monoisotopic (exact) mass is 120 g/mol. The van der Waals surface area contributed by atoms with Gasteiger partial charge < -0.3 is 0 Å². The number of rotatable bonds is 0. The topological polar surface area (TPSA) is 47.7 Å². The van der Waals surface area contributed by atoms with Gasteiger partial charge >= 0.3 is 0 Å². The van der Waals surface area contributed by atoms with Crippen LogP contribution in [0.2, 0.25) is 0 Å². The third kappa shape index (κ3) is 6.60. The van der Waals surface area contributed by atoms with Crippen molar-refractivity contribution in [1.82, 2.24) is 0 Å². The van der Waals surface area contributed by atoms with Crippen molar-refractivity contribution in [2.45, 2.75) is 0 Å². The van der Waals surface area contributed by atoms with Crippen molar-refractivity contribution in [2.75, 3.05) is 0 Å². The Morgan fingerprint density at radius 2 is 0.778 bits per heavy atom. The molecule has 0 saturated heterocycles. The summed E-state index contributed by atoms with van der Waals surface area (Å²) in [5, 5.41) is 11.2. The third-order valence-electron chi connectivity index (χ3n) is 0.667. The van der Waals surface area contributed by atoms with Gasteiger partial charge in [0.05, 0.1) is 6.01 Å². The van der Waals surface area contributed by atoms with Gasteiger partial charge in [-0.2, -0.15) is 0 Å². The molecule has 2 heteroatoms. The molecular formula is C7H8N2. The van der Waals surface area contributed by atoms with Crippen LogP contribution in [0.25, 0.3) is 0 Å². The van der Waals surface area contributed by atoms with E-state index >= 15 is 0 Å². The van der Waals surface area contributed by atoms with Crippen LogP contribution in [0.15, 0.2) is 36.4 Å². The van der Waals surface area contributed by atoms with Gasteiger partial charge in [-0.1, -0.05) is 36.4 Å². The molecule has 0 aromatic heterocycles. The SMILES string of the molecule is N=C=N.c1ccccc1. The molecular weight excluding hydrogens is 112 g/mol. The summed E-state index contributed by atoms with van der Waals surface area (Å²) in [6.45, 7) is 0. The lowest BCUT2D eigenvalue weighted by atomic mass is 10.4. The van der Waals surface area contributed by atoms with Crippen LogP contribution in [0, 0.1) is 10.8 Å². The largest absolute Gasteiger partial charge is 0.242 e. The summed E-state index contributed by atoms with van der Waals surface area (Å²) in [5.74, 6) is 0. The highest BCUT2D eigenvalue weighted by Crippen LogP contribution is 1.79. The Morgan fingerprint density at radius 3 is 0.889 bits per heavy atom. The zero-order valence-electron chi connectivity index (χ0n) is 4.96. The standard InChI is InChI=1S/C6H6.CH2N2/c1-2-4-6-5-3-1;2-1-3/h1-6H;2-3H. The molecule has 1 aromatic rings. The van der Waals surface area contributed by atoms with E-state index in [0.717, 1.165) is 0 Å². The molecule has 0 heterocycles. The predicted octanol–water partition coefficient (Wildman–Crippen LogP) is 2.00. The molecule has 0 aliphatic rings. The van der Waals surface area contributed by atoms with Crippen molar-refractivity contribution >= 4 is 6.01 Å². The van der Waals surface area contributed by atoms with Crippen LogP contribution in [0.1, 0.15) is 0 Å². The fraction of sp³-hybridized carbons (Fsp3) is 0. The molecule has 2 N–H and O–H groups in total. The average molecular weight is 120 g/mol. The molecule has 2 nitrogen and oxygen atoms in total. The second kappa shape index (κ2) is 6.60. The van der Waals surface area contributed by atoms with Gasteiger partial charge in [-0.05, 0) is 0 Å². The van der Waals surface area contributed by atoms with Crippen LogP contribution in [-0.2, 0) is 0 Å². The molecule has 0 aliphatic carbocycles. The lowest BCUT2D eigenvalue weighted by molar-refractivity contribution is 1.47. The van der Waals surface area contributed by atoms with Crippen molar-refractivity contribution < 1.29 is 0 Å². The van der Waals surface area contributed by atoms with Crippen LogP contribution >= 0.6 is 0 Å². The highest BCUT2D eigenvalue weighted by Gasteiger charge is 1.57. The quantitative estimate of drug-likeness (QED) is 0.492. The zero-order valence-corrected chi connectivity index (χ0v) is 4.96. The Bertz CT molecular complexity index is 137. The van der Waals surface area contributed by atoms with Gasteiger partial charge in [0.2, 0.25) is 0 Å². The van der Waals surface area contributed by atoms with Gasteiger partial charge in [-0.3, -0.25) is 0 Å². The number of hydrogen-bond acceptors (Lipinski definition) is 2. The minimum Gasteiger partial charge on any atom is -0.242 e. The molecule has 0 atom stereocenters. The number of benzene rings is 1. The van der Waals surface area contributed by atoms with Crippen molar-refractivity contribution in [3.8, 4) is 0 Å². The molecule has 0 bridgehead atoms. The van der Waals surface area contributed by atoms with E-state index in [-0.39, 0.29) is 0 Å². The fourth-order valence-corrected chi connectivity index (χ4v) is 0.385. The Labute approximate surface area is 54.2 Å². The first-order valence-electron chi connectivity index (χ1n) is 2.50. The van der Waals surface area contributed by atoms with E-state index in [1.807, 2.05) is 36.4 Å². The molecule has 46 valence electrons. The van der Waals surface area contributed by atoms with E-state index in [1.165, 1.54) is 6.01 Å². The fourth-order valence-electron chi connectivity index (χ4n) is 0.385. The summed E-state index contributed by atoms with van der Waals surface area (Å²) in [4.78, 5) is 0. The lowest BCUT2D eigenvalue weighted by Crippen LogP contribution is -1.47. The summed E-state index contributed by atoms with van der Waals surface area (Å²) in [6.07, 6.45) is 0. The Hall–Kier alpha value is -1.40. The second-order valence-corrected chi connectivity index (χ2v) is 1.28. The molecule has 0 unspecified atom stereocenters. The van der Waals surface area contributed by atoms with Gasteiger partial charge in [0.25, 0.3) is 0 Å². The molecule has 0 fully saturated rings. The molecule has 0 aliphatic heterocycles. The molecule has 1 rings (SSSR count). The van der Waals surface area contributed by atoms with E-state index in [4.69, 9.17) is 10.8 Å². The number of nitrogens with one attached hydrogen (secondary N) is 2. The highest BCUT2D eigenvalue weighted by atomic mass is 14.4. The highest BCUT2D eigenvalue weighted by molar-refractivity contribution is 5.29. The predicted molar refractivity (Wildman–Crippen MR) is 36.9 cm³/mol. The van der Waals surface area contributed by atoms with Crippen molar-refractivity contribution in [3.05, 3.63) is 36.4 Å². The van der Waals surface area contributed by atoms with E-state index in [0.29, 0.717) is 0 Å². The normalized spacial score (nSPS) is 6.22. The minimum absolute atomic E-state index is 1.25. The van der Waals surface area contributed by atoms with Crippen molar-refractivity contribution in [1.29, 1.82) is 10.8 Å². The van der Waals surface area contributed by atoms with Crippen molar-refractivity contribution in [3.63, 3.8) is 0 Å². The molecule has 9 heavy (non-hydrogen) atoms.